The number of likely N-dealkylation sites (tertiary alicyclic amines) is 3. The van der Waals surface area contributed by atoms with Crippen LogP contribution in [0.15, 0.2) is 24.3 Å². The first-order valence-electron chi connectivity index (χ1n) is 12.6. The third-order valence-corrected chi connectivity index (χ3v) is 7.75. The molecular weight excluding hydrogens is 435 g/mol. The molecule has 3 saturated heterocycles. The molecule has 3 aliphatic heterocycles. The fourth-order valence-electron chi connectivity index (χ4n) is 5.75. The molecule has 0 spiro atoms. The second kappa shape index (κ2) is 10.5. The average Bonchev–Trinajstić information content (AvgIpc) is 3.07. The van der Waals surface area contributed by atoms with Crippen molar-refractivity contribution in [3.05, 3.63) is 35.6 Å². The van der Waals surface area contributed by atoms with Gasteiger partial charge >= 0.3 is 0 Å². The van der Waals surface area contributed by atoms with Crippen molar-refractivity contribution in [3.63, 3.8) is 0 Å². The normalized spacial score (nSPS) is 24.9. The fourth-order valence-corrected chi connectivity index (χ4v) is 5.75. The number of halogens is 1. The minimum atomic E-state index is -1.48. The smallest absolute Gasteiger partial charge is 0.241 e. The minimum Gasteiger partial charge on any atom is -0.343 e. The summed E-state index contributed by atoms with van der Waals surface area (Å²) in [6.07, 6.45) is 5.27. The van der Waals surface area contributed by atoms with E-state index in [0.717, 1.165) is 25.9 Å². The highest BCUT2D eigenvalue weighted by atomic mass is 19.1. The molecule has 0 saturated carbocycles. The number of imide groups is 1. The molecule has 1 aromatic carbocycles. The molecule has 7 nitrogen and oxygen atoms in total. The Hall–Kier alpha value is -2.32. The van der Waals surface area contributed by atoms with Crippen molar-refractivity contribution < 1.29 is 18.8 Å². The molecule has 0 radical (unpaired) electrons. The number of carbonyl (C=O) groups is 3. The van der Waals surface area contributed by atoms with Gasteiger partial charge < -0.3 is 14.7 Å². The van der Waals surface area contributed by atoms with E-state index < -0.39 is 17.1 Å². The maximum Gasteiger partial charge on any atom is 0.241 e. The summed E-state index contributed by atoms with van der Waals surface area (Å²) in [4.78, 5) is 47.4. The Morgan fingerprint density at radius 3 is 2.38 bits per heavy atom. The van der Waals surface area contributed by atoms with E-state index >= 15 is 0 Å². The van der Waals surface area contributed by atoms with Gasteiger partial charge in [-0.25, -0.2) is 4.39 Å². The zero-order valence-corrected chi connectivity index (χ0v) is 20.5. The van der Waals surface area contributed by atoms with E-state index in [-0.39, 0.29) is 36.8 Å². The van der Waals surface area contributed by atoms with Crippen molar-refractivity contribution in [2.75, 3.05) is 53.4 Å². The number of amides is 3. The van der Waals surface area contributed by atoms with E-state index in [1.807, 2.05) is 23.9 Å². The summed E-state index contributed by atoms with van der Waals surface area (Å²) >= 11 is 0. The molecule has 0 N–H and O–H groups in total. The Morgan fingerprint density at radius 2 is 1.74 bits per heavy atom. The van der Waals surface area contributed by atoms with Crippen LogP contribution in [0.3, 0.4) is 0 Å². The van der Waals surface area contributed by atoms with Crippen molar-refractivity contribution in [3.8, 4) is 0 Å². The highest BCUT2D eigenvalue weighted by molar-refractivity contribution is 6.10. The quantitative estimate of drug-likeness (QED) is 0.570. The second-order valence-electron chi connectivity index (χ2n) is 10.3. The average molecular weight is 473 g/mol. The summed E-state index contributed by atoms with van der Waals surface area (Å²) < 4.78 is 15.0. The highest BCUT2D eigenvalue weighted by Gasteiger charge is 2.55. The summed E-state index contributed by atoms with van der Waals surface area (Å²) in [5, 5.41) is 0. The van der Waals surface area contributed by atoms with Gasteiger partial charge in [-0.15, -0.1) is 0 Å². The Bertz CT molecular complexity index is 909. The molecule has 3 aliphatic rings. The van der Waals surface area contributed by atoms with Gasteiger partial charge in [0, 0.05) is 50.6 Å². The van der Waals surface area contributed by atoms with Crippen molar-refractivity contribution in [2.24, 2.45) is 0 Å². The highest BCUT2D eigenvalue weighted by Crippen LogP contribution is 2.41. The van der Waals surface area contributed by atoms with Gasteiger partial charge in [-0.3, -0.25) is 19.3 Å². The van der Waals surface area contributed by atoms with Gasteiger partial charge in [0.1, 0.15) is 5.82 Å². The van der Waals surface area contributed by atoms with Gasteiger partial charge in [0.05, 0.1) is 5.41 Å². The van der Waals surface area contributed by atoms with Crippen LogP contribution < -0.4 is 0 Å². The summed E-state index contributed by atoms with van der Waals surface area (Å²) in [5.41, 5.74) is -1.33. The van der Waals surface area contributed by atoms with E-state index in [4.69, 9.17) is 0 Å². The first-order valence-corrected chi connectivity index (χ1v) is 12.6. The van der Waals surface area contributed by atoms with Crippen molar-refractivity contribution in [1.82, 2.24) is 19.6 Å². The third kappa shape index (κ3) is 5.03. The lowest BCUT2D eigenvalue weighted by atomic mass is 9.75. The lowest BCUT2D eigenvalue weighted by Crippen LogP contribution is -2.50. The van der Waals surface area contributed by atoms with Gasteiger partial charge in [0.2, 0.25) is 17.7 Å². The lowest BCUT2D eigenvalue weighted by Gasteiger charge is -2.41. The predicted molar refractivity (Wildman–Crippen MR) is 128 cm³/mol. The van der Waals surface area contributed by atoms with Gasteiger partial charge in [-0.05, 0) is 58.9 Å². The molecule has 34 heavy (non-hydrogen) atoms. The number of likely N-dealkylation sites (N-methyl/N-ethyl adjacent to an activating group) is 1. The first-order chi connectivity index (χ1) is 16.3. The fraction of sp³-hybridized carbons (Fsp3) is 0.654. The van der Waals surface area contributed by atoms with E-state index in [9.17, 15) is 18.8 Å². The van der Waals surface area contributed by atoms with E-state index in [2.05, 4.69) is 4.90 Å². The Labute approximate surface area is 201 Å². The Balaban J connectivity index is 1.51. The SMILES string of the molecule is CN(C)CCN1C(=O)C[C@@](CC(=O)N2CCC(N3CCCCC3)CC2)(c2ccccc2F)C1=O. The number of benzene rings is 1. The molecule has 3 amide bonds. The third-order valence-electron chi connectivity index (χ3n) is 7.75. The zero-order valence-electron chi connectivity index (χ0n) is 20.5. The van der Waals surface area contributed by atoms with E-state index in [1.165, 1.54) is 30.2 Å². The molecular formula is C26H37FN4O3. The second-order valence-corrected chi connectivity index (χ2v) is 10.3. The largest absolute Gasteiger partial charge is 0.343 e. The van der Waals surface area contributed by atoms with Crippen LogP contribution >= 0.6 is 0 Å². The van der Waals surface area contributed by atoms with Crippen LogP contribution in [0.1, 0.15) is 50.5 Å². The molecule has 0 bridgehead atoms. The van der Waals surface area contributed by atoms with Gasteiger partial charge in [-0.2, -0.15) is 0 Å². The Morgan fingerprint density at radius 1 is 1.06 bits per heavy atom. The molecule has 1 aromatic rings. The van der Waals surface area contributed by atoms with Crippen LogP contribution in [0.2, 0.25) is 0 Å². The lowest BCUT2D eigenvalue weighted by molar-refractivity contribution is -0.143. The maximum atomic E-state index is 15.0. The molecule has 0 aromatic heterocycles. The molecule has 3 fully saturated rings. The van der Waals surface area contributed by atoms with E-state index in [1.54, 1.807) is 18.2 Å². The topological polar surface area (TPSA) is 64.2 Å². The molecule has 1 atom stereocenters. The van der Waals surface area contributed by atoms with Crippen LogP contribution in [0.4, 0.5) is 4.39 Å². The number of piperidine rings is 2. The van der Waals surface area contributed by atoms with Crippen LogP contribution in [0.5, 0.6) is 0 Å². The number of hydrogen-bond donors (Lipinski definition) is 0. The van der Waals surface area contributed by atoms with Gasteiger partial charge in [0.25, 0.3) is 0 Å². The monoisotopic (exact) mass is 472 g/mol. The van der Waals surface area contributed by atoms with Gasteiger partial charge in [0.15, 0.2) is 0 Å². The van der Waals surface area contributed by atoms with Crippen molar-refractivity contribution in [2.45, 2.75) is 56.4 Å². The first kappa shape index (κ1) is 24.8. The number of hydrogen-bond acceptors (Lipinski definition) is 5. The molecule has 8 heteroatoms. The van der Waals surface area contributed by atoms with Crippen molar-refractivity contribution >= 4 is 17.7 Å². The zero-order chi connectivity index (χ0) is 24.3. The predicted octanol–water partition coefficient (Wildman–Crippen LogP) is 2.25. The van der Waals surface area contributed by atoms with Crippen LogP contribution in [-0.2, 0) is 19.8 Å². The summed E-state index contributed by atoms with van der Waals surface area (Å²) in [5.74, 6) is -1.52. The summed E-state index contributed by atoms with van der Waals surface area (Å²) in [6, 6.07) is 6.57. The van der Waals surface area contributed by atoms with Crippen LogP contribution in [0, 0.1) is 5.82 Å². The Kier molecular flexibility index (Phi) is 7.67. The summed E-state index contributed by atoms with van der Waals surface area (Å²) in [7, 11) is 3.73. The molecule has 186 valence electrons. The van der Waals surface area contributed by atoms with Gasteiger partial charge in [-0.1, -0.05) is 24.6 Å². The molecule has 0 aliphatic carbocycles. The van der Waals surface area contributed by atoms with Crippen molar-refractivity contribution in [1.29, 1.82) is 0 Å². The number of carbonyl (C=O) groups excluding carboxylic acids is 3. The van der Waals surface area contributed by atoms with Crippen LogP contribution in [-0.4, -0.2) is 96.7 Å². The molecule has 4 rings (SSSR count). The minimum absolute atomic E-state index is 0.150. The van der Waals surface area contributed by atoms with E-state index in [0.29, 0.717) is 25.7 Å². The number of nitrogens with zero attached hydrogens (tertiary/aromatic N) is 4. The molecule has 3 heterocycles. The van der Waals surface area contributed by atoms with Crippen LogP contribution in [0.25, 0.3) is 0 Å². The summed E-state index contributed by atoms with van der Waals surface area (Å²) in [6.45, 7) is 4.29. The standard InChI is InChI=1S/C26H37FN4O3/c1-28(2)16-17-31-24(33)19-26(25(31)34,21-8-4-5-9-22(21)27)18-23(32)30-14-10-20(11-15-30)29-12-6-3-7-13-29/h4-5,8-9,20H,3,6-7,10-19H2,1-2H3/t26-/m0/s1. The maximum absolute atomic E-state index is 15.0. The molecule has 0 unspecified atom stereocenters. The number of rotatable bonds is 7.